The maximum atomic E-state index is 12.5. The van der Waals surface area contributed by atoms with Crippen molar-refractivity contribution >= 4 is 50.7 Å². The Kier molecular flexibility index (Phi) is 6.83. The van der Waals surface area contributed by atoms with Gasteiger partial charge >= 0.3 is 0 Å². The van der Waals surface area contributed by atoms with Crippen molar-refractivity contribution in [2.75, 3.05) is 0 Å². The lowest BCUT2D eigenvalue weighted by molar-refractivity contribution is -0.124. The molecule has 0 fully saturated rings. The zero-order valence-corrected chi connectivity index (χ0v) is 16.5. The fraction of sp³-hybridized carbons (Fsp3) is 0.294. The highest BCUT2D eigenvalue weighted by atomic mass is 79.9. The summed E-state index contributed by atoms with van der Waals surface area (Å²) in [5, 5.41) is 8.04. The van der Waals surface area contributed by atoms with E-state index in [9.17, 15) is 9.59 Å². The summed E-state index contributed by atoms with van der Waals surface area (Å²) < 4.78 is 0.880. The Morgan fingerprint density at radius 3 is 2.62 bits per heavy atom. The van der Waals surface area contributed by atoms with Crippen LogP contribution in [0.4, 0.5) is 0 Å². The molecule has 1 atom stereocenters. The number of hydrogen-bond donors (Lipinski definition) is 2. The molecule has 1 aromatic carbocycles. The van der Waals surface area contributed by atoms with Gasteiger partial charge in [-0.25, -0.2) is 0 Å². The van der Waals surface area contributed by atoms with Crippen LogP contribution in [0.1, 0.15) is 29.1 Å². The first-order valence-corrected chi connectivity index (χ1v) is 9.49. The highest BCUT2D eigenvalue weighted by Gasteiger charge is 2.24. The van der Waals surface area contributed by atoms with Crippen molar-refractivity contribution in [3.8, 4) is 0 Å². The van der Waals surface area contributed by atoms with E-state index in [1.807, 2.05) is 31.4 Å². The second-order valence-electron chi connectivity index (χ2n) is 5.63. The molecule has 0 bridgehead atoms. The molecule has 24 heavy (non-hydrogen) atoms. The molecule has 2 N–H and O–H groups in total. The molecule has 0 saturated heterocycles. The molecule has 1 unspecified atom stereocenters. The molecule has 0 saturated carbocycles. The van der Waals surface area contributed by atoms with E-state index >= 15 is 0 Å². The fourth-order valence-corrected chi connectivity index (χ4v) is 3.48. The first kappa shape index (κ1) is 19.0. The summed E-state index contributed by atoms with van der Waals surface area (Å²) in [4.78, 5) is 25.2. The smallest absolute Gasteiger partial charge is 0.262 e. The summed E-state index contributed by atoms with van der Waals surface area (Å²) in [6, 6.07) is 8.43. The van der Waals surface area contributed by atoms with Gasteiger partial charge in [0.15, 0.2) is 0 Å². The third kappa shape index (κ3) is 5.06. The number of carbonyl (C=O) groups excluding carboxylic acids is 2. The average molecular weight is 430 g/mol. The molecule has 1 heterocycles. The van der Waals surface area contributed by atoms with Gasteiger partial charge < -0.3 is 10.6 Å². The number of nitrogens with one attached hydrogen (secondary N) is 2. The Balaban J connectivity index is 2.00. The minimum atomic E-state index is -0.603. The molecule has 2 rings (SSSR count). The van der Waals surface area contributed by atoms with E-state index in [1.54, 1.807) is 18.2 Å². The van der Waals surface area contributed by atoms with Gasteiger partial charge in [0, 0.05) is 16.0 Å². The van der Waals surface area contributed by atoms with E-state index in [-0.39, 0.29) is 17.7 Å². The van der Waals surface area contributed by atoms with Crippen LogP contribution in [0.2, 0.25) is 5.02 Å². The Morgan fingerprint density at radius 2 is 2.04 bits per heavy atom. The third-order valence-corrected chi connectivity index (χ3v) is 5.16. The molecule has 2 amide bonds. The normalized spacial score (nSPS) is 12.0. The van der Waals surface area contributed by atoms with Crippen LogP contribution in [0.25, 0.3) is 0 Å². The standard InChI is InChI=1S/C17H18BrClN2O2S/c1-10(2)15(21-16(22)14-4-3-7-24-14)17(23)20-9-11-5-6-12(18)8-13(11)19/h3-8,10,15H,9H2,1-2H3,(H,20,23)(H,21,22). The van der Waals surface area contributed by atoms with Gasteiger partial charge in [-0.2, -0.15) is 0 Å². The maximum Gasteiger partial charge on any atom is 0.262 e. The molecule has 128 valence electrons. The van der Waals surface area contributed by atoms with E-state index < -0.39 is 6.04 Å². The quantitative estimate of drug-likeness (QED) is 0.722. The zero-order chi connectivity index (χ0) is 17.7. The van der Waals surface area contributed by atoms with Crippen LogP contribution in [0.5, 0.6) is 0 Å². The summed E-state index contributed by atoms with van der Waals surface area (Å²) in [7, 11) is 0. The summed E-state index contributed by atoms with van der Waals surface area (Å²) in [6.45, 7) is 4.10. The summed E-state index contributed by atoms with van der Waals surface area (Å²) in [6.07, 6.45) is 0. The fourth-order valence-electron chi connectivity index (χ4n) is 2.11. The Morgan fingerprint density at radius 1 is 1.29 bits per heavy atom. The predicted molar refractivity (Wildman–Crippen MR) is 101 cm³/mol. The highest BCUT2D eigenvalue weighted by molar-refractivity contribution is 9.10. The number of benzene rings is 1. The van der Waals surface area contributed by atoms with Crippen molar-refractivity contribution in [3.05, 3.63) is 55.6 Å². The number of hydrogen-bond acceptors (Lipinski definition) is 3. The minimum Gasteiger partial charge on any atom is -0.350 e. The molecule has 2 aromatic rings. The number of amides is 2. The van der Waals surface area contributed by atoms with Crippen LogP contribution in [0.3, 0.4) is 0 Å². The van der Waals surface area contributed by atoms with Crippen LogP contribution >= 0.6 is 38.9 Å². The second kappa shape index (κ2) is 8.65. The van der Waals surface area contributed by atoms with Crippen LogP contribution in [-0.4, -0.2) is 17.9 Å². The number of halogens is 2. The second-order valence-corrected chi connectivity index (χ2v) is 7.90. The molecule has 0 spiro atoms. The molecule has 0 aliphatic rings. The number of carbonyl (C=O) groups is 2. The Bertz CT molecular complexity index is 719. The number of thiophene rings is 1. The van der Waals surface area contributed by atoms with Gasteiger partial charge in [0.2, 0.25) is 5.91 Å². The molecule has 7 heteroatoms. The van der Waals surface area contributed by atoms with E-state index in [0.29, 0.717) is 16.4 Å². The molecule has 0 aliphatic heterocycles. The first-order valence-electron chi connectivity index (χ1n) is 7.44. The van der Waals surface area contributed by atoms with E-state index in [0.717, 1.165) is 10.0 Å². The lowest BCUT2D eigenvalue weighted by atomic mass is 10.0. The highest BCUT2D eigenvalue weighted by Crippen LogP contribution is 2.21. The van der Waals surface area contributed by atoms with E-state index in [2.05, 4.69) is 26.6 Å². The van der Waals surface area contributed by atoms with Gasteiger partial charge in [0.1, 0.15) is 6.04 Å². The van der Waals surface area contributed by atoms with Gasteiger partial charge in [-0.1, -0.05) is 53.5 Å². The SMILES string of the molecule is CC(C)C(NC(=O)c1cccs1)C(=O)NCc1ccc(Br)cc1Cl. The molecule has 1 aromatic heterocycles. The van der Waals surface area contributed by atoms with Crippen molar-refractivity contribution in [1.29, 1.82) is 0 Å². The van der Waals surface area contributed by atoms with Crippen molar-refractivity contribution in [2.24, 2.45) is 5.92 Å². The van der Waals surface area contributed by atoms with Gasteiger partial charge in [-0.15, -0.1) is 11.3 Å². The van der Waals surface area contributed by atoms with Crippen LogP contribution in [0.15, 0.2) is 40.2 Å². The minimum absolute atomic E-state index is 0.0331. The number of rotatable bonds is 6. The lowest BCUT2D eigenvalue weighted by Gasteiger charge is -2.21. The Labute approximate surface area is 158 Å². The zero-order valence-electron chi connectivity index (χ0n) is 13.3. The van der Waals surface area contributed by atoms with Gasteiger partial charge in [0.25, 0.3) is 5.91 Å². The topological polar surface area (TPSA) is 58.2 Å². The van der Waals surface area contributed by atoms with Crippen molar-refractivity contribution in [2.45, 2.75) is 26.4 Å². The van der Waals surface area contributed by atoms with Crippen LogP contribution in [0, 0.1) is 5.92 Å². The first-order chi connectivity index (χ1) is 11.4. The lowest BCUT2D eigenvalue weighted by Crippen LogP contribution is -2.49. The largest absolute Gasteiger partial charge is 0.350 e. The summed E-state index contributed by atoms with van der Waals surface area (Å²) in [5.74, 6) is -0.497. The van der Waals surface area contributed by atoms with E-state index in [1.165, 1.54) is 11.3 Å². The third-order valence-electron chi connectivity index (χ3n) is 3.45. The average Bonchev–Trinajstić information content (AvgIpc) is 3.05. The molecular formula is C17H18BrClN2O2S. The molecule has 0 radical (unpaired) electrons. The molecule has 0 aliphatic carbocycles. The van der Waals surface area contributed by atoms with Gasteiger partial charge in [-0.3, -0.25) is 9.59 Å². The molecule has 4 nitrogen and oxygen atoms in total. The maximum absolute atomic E-state index is 12.5. The summed E-state index contributed by atoms with van der Waals surface area (Å²) >= 11 is 10.8. The van der Waals surface area contributed by atoms with Crippen molar-refractivity contribution < 1.29 is 9.59 Å². The Hall–Kier alpha value is -1.37. The van der Waals surface area contributed by atoms with Gasteiger partial charge in [0.05, 0.1) is 4.88 Å². The monoisotopic (exact) mass is 428 g/mol. The summed E-state index contributed by atoms with van der Waals surface area (Å²) in [5.41, 5.74) is 0.820. The van der Waals surface area contributed by atoms with Crippen LogP contribution in [-0.2, 0) is 11.3 Å². The predicted octanol–water partition coefficient (Wildman–Crippen LogP) is 4.23. The van der Waals surface area contributed by atoms with Gasteiger partial charge in [-0.05, 0) is 35.1 Å². The van der Waals surface area contributed by atoms with Crippen molar-refractivity contribution in [3.63, 3.8) is 0 Å². The van der Waals surface area contributed by atoms with Crippen molar-refractivity contribution in [1.82, 2.24) is 10.6 Å². The van der Waals surface area contributed by atoms with Crippen LogP contribution < -0.4 is 10.6 Å². The van der Waals surface area contributed by atoms with E-state index in [4.69, 9.17) is 11.6 Å². The molecular weight excluding hydrogens is 412 g/mol.